The summed E-state index contributed by atoms with van der Waals surface area (Å²) < 4.78 is 0. The molecule has 0 amide bonds. The molecule has 0 aliphatic heterocycles. The molecule has 1 unspecified atom stereocenters. The Morgan fingerprint density at radius 1 is 1.00 bits per heavy atom. The van der Waals surface area contributed by atoms with Crippen molar-refractivity contribution in [2.75, 3.05) is 0 Å². The summed E-state index contributed by atoms with van der Waals surface area (Å²) in [5.41, 5.74) is -1.52. The van der Waals surface area contributed by atoms with E-state index in [9.17, 15) is 19.7 Å². The molecular weight excluding hydrogens is 270 g/mol. The maximum Gasteiger partial charge on any atom is 0.279 e. The largest absolute Gasteiger partial charge is 0.303 e. The van der Waals surface area contributed by atoms with Gasteiger partial charge < -0.3 is 4.79 Å². The predicted octanol–water partition coefficient (Wildman–Crippen LogP) is 3.85. The van der Waals surface area contributed by atoms with E-state index in [4.69, 9.17) is 0 Å². The molecule has 1 aliphatic carbocycles. The second-order valence-electron chi connectivity index (χ2n) is 6.10. The van der Waals surface area contributed by atoms with Gasteiger partial charge in [-0.3, -0.25) is 14.9 Å². The Kier molecular flexibility index (Phi) is 8.16. The molecule has 120 valence electrons. The van der Waals surface area contributed by atoms with Crippen molar-refractivity contribution in [2.45, 2.75) is 89.0 Å². The third kappa shape index (κ3) is 5.56. The summed E-state index contributed by atoms with van der Waals surface area (Å²) in [5, 5.41) is 11.5. The van der Waals surface area contributed by atoms with E-state index in [0.29, 0.717) is 12.7 Å². The maximum absolute atomic E-state index is 12.4. The zero-order chi connectivity index (χ0) is 15.6. The molecule has 0 spiro atoms. The van der Waals surface area contributed by atoms with E-state index < -0.39 is 10.5 Å². The van der Waals surface area contributed by atoms with Crippen LogP contribution in [0.2, 0.25) is 0 Å². The molecule has 1 saturated carbocycles. The molecule has 1 rings (SSSR count). The lowest BCUT2D eigenvalue weighted by Crippen LogP contribution is -2.46. The highest BCUT2D eigenvalue weighted by Crippen LogP contribution is 2.29. The zero-order valence-corrected chi connectivity index (χ0v) is 12.8. The SMILES string of the molecule is O=CCCC1([N+](=O)[O-])CCCCCCCCCCCC1=O. The Morgan fingerprint density at radius 2 is 1.52 bits per heavy atom. The number of aldehydes is 1. The first-order valence-corrected chi connectivity index (χ1v) is 8.25. The van der Waals surface area contributed by atoms with Crippen LogP contribution < -0.4 is 0 Å². The molecule has 0 radical (unpaired) electrons. The van der Waals surface area contributed by atoms with Gasteiger partial charge >= 0.3 is 0 Å². The van der Waals surface area contributed by atoms with Gasteiger partial charge in [-0.05, 0) is 12.8 Å². The summed E-state index contributed by atoms with van der Waals surface area (Å²) in [7, 11) is 0. The van der Waals surface area contributed by atoms with Gasteiger partial charge in [0.15, 0.2) is 0 Å². The topological polar surface area (TPSA) is 77.3 Å². The van der Waals surface area contributed by atoms with Crippen molar-refractivity contribution in [2.24, 2.45) is 0 Å². The van der Waals surface area contributed by atoms with Crippen molar-refractivity contribution in [1.29, 1.82) is 0 Å². The molecule has 0 bridgehead atoms. The fourth-order valence-corrected chi connectivity index (χ4v) is 3.16. The number of rotatable bonds is 4. The molecule has 0 aromatic heterocycles. The van der Waals surface area contributed by atoms with Crippen LogP contribution in [0.5, 0.6) is 0 Å². The van der Waals surface area contributed by atoms with Gasteiger partial charge in [0.1, 0.15) is 6.29 Å². The molecule has 1 fully saturated rings. The molecule has 0 aromatic carbocycles. The first-order valence-electron chi connectivity index (χ1n) is 8.25. The molecule has 1 atom stereocenters. The second-order valence-corrected chi connectivity index (χ2v) is 6.10. The van der Waals surface area contributed by atoms with E-state index in [1.54, 1.807) is 0 Å². The van der Waals surface area contributed by atoms with Crippen molar-refractivity contribution in [3.8, 4) is 0 Å². The Balaban J connectivity index is 2.81. The van der Waals surface area contributed by atoms with Gasteiger partial charge in [-0.25, -0.2) is 0 Å². The van der Waals surface area contributed by atoms with Crippen LogP contribution in [0.3, 0.4) is 0 Å². The number of Topliss-reactive ketones (excluding diaryl/α,β-unsaturated/α-hetero) is 1. The van der Waals surface area contributed by atoms with Crippen molar-refractivity contribution in [3.05, 3.63) is 10.1 Å². The van der Waals surface area contributed by atoms with Crippen LogP contribution in [0, 0.1) is 10.1 Å². The van der Waals surface area contributed by atoms with Crippen LogP contribution in [0.4, 0.5) is 0 Å². The van der Waals surface area contributed by atoms with E-state index in [1.165, 1.54) is 19.3 Å². The number of nitro groups is 1. The summed E-state index contributed by atoms with van der Waals surface area (Å²) in [6.07, 6.45) is 10.5. The molecular formula is C16H27NO4. The number of carbonyl (C=O) groups excluding carboxylic acids is 2. The third-order valence-electron chi connectivity index (χ3n) is 4.54. The highest BCUT2D eigenvalue weighted by Gasteiger charge is 2.48. The van der Waals surface area contributed by atoms with E-state index in [1.807, 2.05) is 0 Å². The van der Waals surface area contributed by atoms with Crippen LogP contribution in [0.1, 0.15) is 83.5 Å². The molecule has 0 saturated heterocycles. The zero-order valence-electron chi connectivity index (χ0n) is 12.8. The average Bonchev–Trinajstić information content (AvgIpc) is 2.48. The average molecular weight is 297 g/mol. The van der Waals surface area contributed by atoms with Crippen molar-refractivity contribution in [1.82, 2.24) is 0 Å². The van der Waals surface area contributed by atoms with Gasteiger partial charge in [0, 0.05) is 30.6 Å². The Labute approximate surface area is 126 Å². The summed E-state index contributed by atoms with van der Waals surface area (Å²) >= 11 is 0. The molecule has 5 nitrogen and oxygen atoms in total. The molecule has 0 N–H and O–H groups in total. The van der Waals surface area contributed by atoms with Gasteiger partial charge in [-0.15, -0.1) is 0 Å². The van der Waals surface area contributed by atoms with E-state index in [2.05, 4.69) is 0 Å². The summed E-state index contributed by atoms with van der Waals surface area (Å²) in [6, 6.07) is 0. The highest BCUT2D eigenvalue weighted by atomic mass is 16.6. The van der Waals surface area contributed by atoms with E-state index >= 15 is 0 Å². The van der Waals surface area contributed by atoms with Gasteiger partial charge in [0.05, 0.1) is 0 Å². The third-order valence-corrected chi connectivity index (χ3v) is 4.54. The summed E-state index contributed by atoms with van der Waals surface area (Å²) in [6.45, 7) is 0. The van der Waals surface area contributed by atoms with Crippen LogP contribution in [-0.4, -0.2) is 22.5 Å². The van der Waals surface area contributed by atoms with Crippen molar-refractivity contribution < 1.29 is 14.5 Å². The highest BCUT2D eigenvalue weighted by molar-refractivity contribution is 5.87. The number of hydrogen-bond acceptors (Lipinski definition) is 4. The van der Waals surface area contributed by atoms with E-state index in [-0.39, 0.29) is 31.5 Å². The van der Waals surface area contributed by atoms with Crippen LogP contribution >= 0.6 is 0 Å². The Morgan fingerprint density at radius 3 is 2.05 bits per heavy atom. The standard InChI is InChI=1S/C16H27NO4/c18-14-10-13-16(17(20)21)12-9-7-5-3-1-2-4-6-8-11-15(16)19/h14H,1-13H2. The number of nitrogens with zero attached hydrogens (tertiary/aromatic N) is 1. The fraction of sp³-hybridized carbons (Fsp3) is 0.875. The first kappa shape index (κ1) is 17.8. The first-order chi connectivity index (χ1) is 10.1. The van der Waals surface area contributed by atoms with Gasteiger partial charge in [0.2, 0.25) is 5.78 Å². The van der Waals surface area contributed by atoms with Gasteiger partial charge in [0.25, 0.3) is 5.54 Å². The van der Waals surface area contributed by atoms with Crippen LogP contribution in [0.15, 0.2) is 0 Å². The van der Waals surface area contributed by atoms with E-state index in [0.717, 1.165) is 32.1 Å². The quantitative estimate of drug-likeness (QED) is 0.448. The molecule has 5 heteroatoms. The lowest BCUT2D eigenvalue weighted by molar-refractivity contribution is -0.554. The lowest BCUT2D eigenvalue weighted by atomic mass is 9.82. The fourth-order valence-electron chi connectivity index (χ4n) is 3.16. The smallest absolute Gasteiger partial charge is 0.279 e. The second kappa shape index (κ2) is 9.64. The number of hydrogen-bond donors (Lipinski definition) is 0. The summed E-state index contributed by atoms with van der Waals surface area (Å²) in [4.78, 5) is 34.2. The summed E-state index contributed by atoms with van der Waals surface area (Å²) in [5.74, 6) is -0.270. The molecule has 0 heterocycles. The van der Waals surface area contributed by atoms with Crippen molar-refractivity contribution >= 4 is 12.1 Å². The normalized spacial score (nSPS) is 26.2. The monoisotopic (exact) mass is 297 g/mol. The maximum atomic E-state index is 12.4. The number of carbonyl (C=O) groups is 2. The minimum absolute atomic E-state index is 0.0579. The lowest BCUT2D eigenvalue weighted by Gasteiger charge is -2.23. The number of ketones is 1. The predicted molar refractivity (Wildman–Crippen MR) is 80.8 cm³/mol. The Bertz CT molecular complexity index is 356. The molecule has 1 aliphatic rings. The van der Waals surface area contributed by atoms with Gasteiger partial charge in [-0.2, -0.15) is 0 Å². The molecule has 0 aromatic rings. The van der Waals surface area contributed by atoms with Crippen molar-refractivity contribution in [3.63, 3.8) is 0 Å². The Hall–Kier alpha value is -1.26. The minimum Gasteiger partial charge on any atom is -0.303 e. The van der Waals surface area contributed by atoms with Crippen LogP contribution in [0.25, 0.3) is 0 Å². The van der Waals surface area contributed by atoms with Crippen LogP contribution in [-0.2, 0) is 9.59 Å². The minimum atomic E-state index is -1.52. The van der Waals surface area contributed by atoms with Gasteiger partial charge in [-0.1, -0.05) is 44.9 Å². The molecule has 21 heavy (non-hydrogen) atoms.